The molecule has 1 atom stereocenters. The fourth-order valence-electron chi connectivity index (χ4n) is 4.19. The highest BCUT2D eigenvalue weighted by Gasteiger charge is 2.31. The Bertz CT molecular complexity index is 931. The van der Waals surface area contributed by atoms with Crippen LogP contribution in [0.2, 0.25) is 0 Å². The van der Waals surface area contributed by atoms with Gasteiger partial charge in [0.2, 0.25) is 5.91 Å². The molecule has 2 aromatic carbocycles. The molecular weight excluding hydrogens is 420 g/mol. The third kappa shape index (κ3) is 6.54. The number of methoxy groups -OCH3 is 3. The van der Waals surface area contributed by atoms with Crippen molar-refractivity contribution in [1.29, 1.82) is 0 Å². The second kappa shape index (κ2) is 11.8. The Morgan fingerprint density at radius 3 is 2.24 bits per heavy atom. The van der Waals surface area contributed by atoms with Gasteiger partial charge in [-0.3, -0.25) is 4.79 Å². The Hall–Kier alpha value is -2.93. The predicted octanol–water partition coefficient (Wildman–Crippen LogP) is 3.78. The van der Waals surface area contributed by atoms with Gasteiger partial charge in [-0.2, -0.15) is 0 Å². The molecule has 1 fully saturated rings. The van der Waals surface area contributed by atoms with Crippen molar-refractivity contribution in [2.75, 3.05) is 48.6 Å². The highest BCUT2D eigenvalue weighted by molar-refractivity contribution is 5.78. The first-order valence-electron chi connectivity index (χ1n) is 11.4. The van der Waals surface area contributed by atoms with E-state index in [0.29, 0.717) is 36.8 Å². The first-order valence-corrected chi connectivity index (χ1v) is 11.4. The van der Waals surface area contributed by atoms with Crippen molar-refractivity contribution >= 4 is 5.91 Å². The molecule has 0 N–H and O–H groups in total. The molecule has 0 saturated carbocycles. The van der Waals surface area contributed by atoms with Crippen LogP contribution < -0.4 is 18.9 Å². The number of carbonyl (C=O) groups excluding carboxylic acids is 1. The topological polar surface area (TPSA) is 60.5 Å². The van der Waals surface area contributed by atoms with E-state index < -0.39 is 0 Å². The van der Waals surface area contributed by atoms with Gasteiger partial charge in [0.1, 0.15) is 0 Å². The van der Waals surface area contributed by atoms with Crippen LogP contribution in [0.25, 0.3) is 0 Å². The second-order valence-corrected chi connectivity index (χ2v) is 8.60. The summed E-state index contributed by atoms with van der Waals surface area (Å²) in [6, 6.07) is 12.0. The predicted molar refractivity (Wildman–Crippen MR) is 128 cm³/mol. The summed E-state index contributed by atoms with van der Waals surface area (Å²) >= 11 is 0. The molecule has 1 aliphatic rings. The summed E-state index contributed by atoms with van der Waals surface area (Å²) in [6.45, 7) is 2.15. The molecule has 0 radical (unpaired) electrons. The maximum absolute atomic E-state index is 12.7. The van der Waals surface area contributed by atoms with Crippen molar-refractivity contribution in [1.82, 2.24) is 9.80 Å². The summed E-state index contributed by atoms with van der Waals surface area (Å²) in [4.78, 5) is 16.8. The van der Waals surface area contributed by atoms with Crippen LogP contribution >= 0.6 is 0 Å². The van der Waals surface area contributed by atoms with Crippen molar-refractivity contribution in [2.45, 2.75) is 38.3 Å². The Labute approximate surface area is 197 Å². The van der Waals surface area contributed by atoms with E-state index in [9.17, 15) is 4.79 Å². The molecule has 0 spiro atoms. The zero-order chi connectivity index (χ0) is 23.8. The van der Waals surface area contributed by atoms with E-state index in [-0.39, 0.29) is 11.9 Å². The number of carbonyl (C=O) groups is 1. The molecule has 3 rings (SSSR count). The zero-order valence-electron chi connectivity index (χ0n) is 20.4. The molecule has 1 amide bonds. The lowest BCUT2D eigenvalue weighted by Gasteiger charge is -2.26. The third-order valence-corrected chi connectivity index (χ3v) is 5.96. The molecule has 0 aromatic heterocycles. The standard InChI is InChI=1S/C26H36N2O5/c1-27(2)13-6-14-33-23-11-8-20(17-25(23)32-5)18-28-21(9-12-26(28)29)15-19-7-10-22(30-3)24(16-19)31-4/h7-8,10-11,16-17,21H,6,9,12-15,18H2,1-5H3. The van der Waals surface area contributed by atoms with Crippen LogP contribution in [0.15, 0.2) is 36.4 Å². The van der Waals surface area contributed by atoms with E-state index >= 15 is 0 Å². The van der Waals surface area contributed by atoms with Crippen LogP contribution in [0, 0.1) is 0 Å². The number of amides is 1. The fourth-order valence-corrected chi connectivity index (χ4v) is 4.19. The van der Waals surface area contributed by atoms with Crippen molar-refractivity contribution in [2.24, 2.45) is 0 Å². The first-order chi connectivity index (χ1) is 15.9. The van der Waals surface area contributed by atoms with Crippen LogP contribution in [0.3, 0.4) is 0 Å². The van der Waals surface area contributed by atoms with Gasteiger partial charge in [0.05, 0.1) is 27.9 Å². The summed E-state index contributed by atoms with van der Waals surface area (Å²) in [5.41, 5.74) is 2.15. The Morgan fingerprint density at radius 1 is 0.909 bits per heavy atom. The lowest BCUT2D eigenvalue weighted by atomic mass is 10.0. The van der Waals surface area contributed by atoms with Crippen LogP contribution in [0.4, 0.5) is 0 Å². The Balaban J connectivity index is 1.67. The van der Waals surface area contributed by atoms with Crippen molar-refractivity contribution in [3.63, 3.8) is 0 Å². The SMILES string of the molecule is COc1ccc(CC2CCC(=O)N2Cc2ccc(OCCCN(C)C)c(OC)c2)cc1OC. The minimum Gasteiger partial charge on any atom is -0.493 e. The molecule has 180 valence electrons. The van der Waals surface area contributed by atoms with Crippen LogP contribution in [-0.4, -0.2) is 70.3 Å². The highest BCUT2D eigenvalue weighted by Crippen LogP contribution is 2.32. The summed E-state index contributed by atoms with van der Waals surface area (Å²) < 4.78 is 22.2. The second-order valence-electron chi connectivity index (χ2n) is 8.60. The summed E-state index contributed by atoms with van der Waals surface area (Å²) in [6.07, 6.45) is 3.13. The van der Waals surface area contributed by atoms with Crippen molar-refractivity contribution < 1.29 is 23.7 Å². The zero-order valence-corrected chi connectivity index (χ0v) is 20.4. The quantitative estimate of drug-likeness (QED) is 0.453. The molecule has 1 heterocycles. The number of hydrogen-bond donors (Lipinski definition) is 0. The maximum atomic E-state index is 12.7. The molecule has 0 bridgehead atoms. The molecule has 1 saturated heterocycles. The van der Waals surface area contributed by atoms with Gasteiger partial charge in [-0.05, 0) is 68.8 Å². The molecule has 33 heavy (non-hydrogen) atoms. The number of benzene rings is 2. The minimum absolute atomic E-state index is 0.142. The van der Waals surface area contributed by atoms with Gasteiger partial charge in [-0.1, -0.05) is 12.1 Å². The van der Waals surface area contributed by atoms with E-state index in [0.717, 1.165) is 42.7 Å². The number of rotatable bonds is 12. The molecule has 7 nitrogen and oxygen atoms in total. The number of hydrogen-bond acceptors (Lipinski definition) is 6. The maximum Gasteiger partial charge on any atom is 0.223 e. The smallest absolute Gasteiger partial charge is 0.223 e. The summed E-state index contributed by atoms with van der Waals surface area (Å²) in [7, 11) is 9.01. The molecule has 2 aromatic rings. The van der Waals surface area contributed by atoms with Gasteiger partial charge >= 0.3 is 0 Å². The molecule has 7 heteroatoms. The summed E-state index contributed by atoms with van der Waals surface area (Å²) in [5.74, 6) is 3.02. The monoisotopic (exact) mass is 456 g/mol. The third-order valence-electron chi connectivity index (χ3n) is 5.96. The normalized spacial score (nSPS) is 15.8. The van der Waals surface area contributed by atoms with Crippen LogP contribution in [0.5, 0.6) is 23.0 Å². The lowest BCUT2D eigenvalue weighted by Crippen LogP contribution is -2.33. The van der Waals surface area contributed by atoms with Crippen LogP contribution in [0.1, 0.15) is 30.4 Å². The van der Waals surface area contributed by atoms with Gasteiger partial charge in [0.25, 0.3) is 0 Å². The van der Waals surface area contributed by atoms with E-state index in [1.54, 1.807) is 21.3 Å². The van der Waals surface area contributed by atoms with Crippen molar-refractivity contribution in [3.8, 4) is 23.0 Å². The van der Waals surface area contributed by atoms with Gasteiger partial charge < -0.3 is 28.7 Å². The number of ether oxygens (including phenoxy) is 4. The van der Waals surface area contributed by atoms with Crippen LogP contribution in [-0.2, 0) is 17.8 Å². The largest absolute Gasteiger partial charge is 0.493 e. The van der Waals surface area contributed by atoms with E-state index in [4.69, 9.17) is 18.9 Å². The summed E-state index contributed by atoms with van der Waals surface area (Å²) in [5, 5.41) is 0. The van der Waals surface area contributed by atoms with E-state index in [1.165, 1.54) is 0 Å². The molecular formula is C26H36N2O5. The average molecular weight is 457 g/mol. The lowest BCUT2D eigenvalue weighted by molar-refractivity contribution is -0.129. The number of nitrogens with zero attached hydrogens (tertiary/aromatic N) is 2. The van der Waals surface area contributed by atoms with Gasteiger partial charge in [-0.15, -0.1) is 0 Å². The minimum atomic E-state index is 0.142. The van der Waals surface area contributed by atoms with Gasteiger partial charge in [0, 0.05) is 25.6 Å². The molecule has 0 aliphatic carbocycles. The van der Waals surface area contributed by atoms with Gasteiger partial charge in [-0.25, -0.2) is 0 Å². The van der Waals surface area contributed by atoms with Crippen molar-refractivity contribution in [3.05, 3.63) is 47.5 Å². The fraction of sp³-hybridized carbons (Fsp3) is 0.500. The first kappa shape index (κ1) is 24.7. The van der Waals surface area contributed by atoms with E-state index in [2.05, 4.69) is 4.90 Å². The highest BCUT2D eigenvalue weighted by atomic mass is 16.5. The molecule has 1 aliphatic heterocycles. The van der Waals surface area contributed by atoms with Gasteiger partial charge in [0.15, 0.2) is 23.0 Å². The Morgan fingerprint density at radius 2 is 1.55 bits per heavy atom. The Kier molecular flexibility index (Phi) is 8.83. The number of likely N-dealkylation sites (tertiary alicyclic amines) is 1. The molecule has 1 unspecified atom stereocenters. The van der Waals surface area contributed by atoms with E-state index in [1.807, 2.05) is 55.4 Å². The average Bonchev–Trinajstić information content (AvgIpc) is 3.15.